The fourth-order valence-corrected chi connectivity index (χ4v) is 2.32. The SMILES string of the molecule is CCCCCC[C@@]1(O)OC(=O)c2c(O)cccc21. The number of aromatic hydroxyl groups is 1. The molecule has 98 valence electrons. The van der Waals surface area contributed by atoms with Gasteiger partial charge in [0.15, 0.2) is 0 Å². The third-order valence-electron chi connectivity index (χ3n) is 3.30. The Balaban J connectivity index is 2.17. The van der Waals surface area contributed by atoms with Crippen LogP contribution in [0.25, 0.3) is 0 Å². The van der Waals surface area contributed by atoms with Crippen LogP contribution in [-0.4, -0.2) is 16.2 Å². The molecule has 2 rings (SSSR count). The minimum Gasteiger partial charge on any atom is -0.507 e. The Labute approximate surface area is 106 Å². The number of phenolic OH excluding ortho intramolecular Hbond substituents is 1. The summed E-state index contributed by atoms with van der Waals surface area (Å²) in [7, 11) is 0. The number of unbranched alkanes of at least 4 members (excludes halogenated alkanes) is 3. The van der Waals surface area contributed by atoms with E-state index in [1.807, 2.05) is 0 Å². The first kappa shape index (κ1) is 12.9. The number of ether oxygens (including phenoxy) is 1. The molecule has 18 heavy (non-hydrogen) atoms. The lowest BCUT2D eigenvalue weighted by Gasteiger charge is -2.22. The molecule has 0 spiro atoms. The lowest BCUT2D eigenvalue weighted by molar-refractivity contribution is -0.168. The second kappa shape index (κ2) is 4.98. The van der Waals surface area contributed by atoms with Crippen molar-refractivity contribution in [2.75, 3.05) is 0 Å². The van der Waals surface area contributed by atoms with Crippen LogP contribution in [0.2, 0.25) is 0 Å². The van der Waals surface area contributed by atoms with Gasteiger partial charge in [0.25, 0.3) is 0 Å². The first-order valence-corrected chi connectivity index (χ1v) is 6.36. The van der Waals surface area contributed by atoms with Crippen LogP contribution < -0.4 is 0 Å². The van der Waals surface area contributed by atoms with Gasteiger partial charge in [-0.15, -0.1) is 0 Å². The van der Waals surface area contributed by atoms with E-state index < -0.39 is 11.8 Å². The first-order valence-electron chi connectivity index (χ1n) is 6.36. The summed E-state index contributed by atoms with van der Waals surface area (Å²) in [6.45, 7) is 2.11. The van der Waals surface area contributed by atoms with Crippen LogP contribution in [0.4, 0.5) is 0 Å². The van der Waals surface area contributed by atoms with E-state index >= 15 is 0 Å². The van der Waals surface area contributed by atoms with Crippen LogP contribution in [0.3, 0.4) is 0 Å². The second-order valence-electron chi connectivity index (χ2n) is 4.68. The van der Waals surface area contributed by atoms with Gasteiger partial charge in [0.05, 0.1) is 0 Å². The van der Waals surface area contributed by atoms with E-state index in [0.29, 0.717) is 12.0 Å². The fourth-order valence-electron chi connectivity index (χ4n) is 2.32. The summed E-state index contributed by atoms with van der Waals surface area (Å²) < 4.78 is 5.04. The molecule has 0 fully saturated rings. The summed E-state index contributed by atoms with van der Waals surface area (Å²) in [5.41, 5.74) is 0.472. The third-order valence-corrected chi connectivity index (χ3v) is 3.30. The van der Waals surface area contributed by atoms with Crippen molar-refractivity contribution in [3.05, 3.63) is 29.3 Å². The lowest BCUT2D eigenvalue weighted by Crippen LogP contribution is -2.25. The van der Waals surface area contributed by atoms with Gasteiger partial charge in [-0.3, -0.25) is 0 Å². The van der Waals surface area contributed by atoms with Crippen molar-refractivity contribution in [2.45, 2.75) is 44.8 Å². The Morgan fingerprint density at radius 1 is 1.28 bits per heavy atom. The van der Waals surface area contributed by atoms with Crippen molar-refractivity contribution in [1.82, 2.24) is 0 Å². The quantitative estimate of drug-likeness (QED) is 0.622. The Morgan fingerprint density at radius 2 is 2.06 bits per heavy atom. The molecule has 1 aliphatic rings. The molecular formula is C14H18O4. The third kappa shape index (κ3) is 2.20. The lowest BCUT2D eigenvalue weighted by atomic mass is 9.96. The zero-order chi connectivity index (χ0) is 13.2. The number of carbonyl (C=O) groups is 1. The Morgan fingerprint density at radius 3 is 2.78 bits per heavy atom. The summed E-state index contributed by atoms with van der Waals surface area (Å²) in [5, 5.41) is 20.0. The standard InChI is InChI=1S/C14H18O4/c1-2-3-4-5-9-14(17)10-7-6-8-11(15)12(10)13(16)18-14/h6-8,15,17H,2-5,9H2,1H3/t14-/m1/s1. The van der Waals surface area contributed by atoms with Crippen LogP contribution in [0.5, 0.6) is 5.75 Å². The summed E-state index contributed by atoms with van der Waals surface area (Å²) >= 11 is 0. The van der Waals surface area contributed by atoms with Crippen LogP contribution in [0, 0.1) is 0 Å². The molecule has 4 heteroatoms. The molecule has 2 N–H and O–H groups in total. The number of hydrogen-bond donors (Lipinski definition) is 2. The smallest absolute Gasteiger partial charge is 0.345 e. The summed E-state index contributed by atoms with van der Waals surface area (Å²) in [6, 6.07) is 4.65. The number of cyclic esters (lactones) is 1. The topological polar surface area (TPSA) is 66.8 Å². The number of carbonyl (C=O) groups excluding carboxylic acids is 1. The molecule has 1 aliphatic heterocycles. The number of aliphatic hydroxyl groups is 1. The highest BCUT2D eigenvalue weighted by molar-refractivity contribution is 5.97. The van der Waals surface area contributed by atoms with Crippen molar-refractivity contribution in [1.29, 1.82) is 0 Å². The number of benzene rings is 1. The summed E-state index contributed by atoms with van der Waals surface area (Å²) in [6.07, 6.45) is 4.35. The van der Waals surface area contributed by atoms with Gasteiger partial charge in [0, 0.05) is 12.0 Å². The molecule has 4 nitrogen and oxygen atoms in total. The van der Waals surface area contributed by atoms with E-state index in [9.17, 15) is 15.0 Å². The minimum absolute atomic E-state index is 0.0930. The van der Waals surface area contributed by atoms with Gasteiger partial charge in [-0.2, -0.15) is 0 Å². The van der Waals surface area contributed by atoms with E-state index in [-0.39, 0.29) is 11.3 Å². The maximum absolute atomic E-state index is 11.6. The predicted molar refractivity (Wildman–Crippen MR) is 66.2 cm³/mol. The highest BCUT2D eigenvalue weighted by atomic mass is 16.7. The Kier molecular flexibility index (Phi) is 3.57. The van der Waals surface area contributed by atoms with E-state index in [1.165, 1.54) is 6.07 Å². The number of fused-ring (bicyclic) bond motifs is 1. The van der Waals surface area contributed by atoms with E-state index in [4.69, 9.17) is 4.74 Å². The average Bonchev–Trinajstić information content (AvgIpc) is 2.59. The van der Waals surface area contributed by atoms with Crippen molar-refractivity contribution < 1.29 is 19.7 Å². The van der Waals surface area contributed by atoms with E-state index in [1.54, 1.807) is 12.1 Å². The van der Waals surface area contributed by atoms with Gasteiger partial charge in [-0.05, 0) is 12.5 Å². The highest BCUT2D eigenvalue weighted by Gasteiger charge is 2.44. The molecule has 1 atom stereocenters. The molecule has 0 radical (unpaired) electrons. The molecule has 1 aromatic rings. The van der Waals surface area contributed by atoms with Crippen LogP contribution >= 0.6 is 0 Å². The maximum Gasteiger partial charge on any atom is 0.345 e. The second-order valence-corrected chi connectivity index (χ2v) is 4.68. The molecule has 1 aromatic carbocycles. The minimum atomic E-state index is -1.57. The van der Waals surface area contributed by atoms with E-state index in [2.05, 4.69) is 6.92 Å². The molecular weight excluding hydrogens is 232 g/mol. The van der Waals surface area contributed by atoms with Gasteiger partial charge in [-0.1, -0.05) is 38.3 Å². The molecule has 0 aromatic heterocycles. The van der Waals surface area contributed by atoms with Crippen LogP contribution in [0.1, 0.15) is 54.9 Å². The van der Waals surface area contributed by atoms with Crippen molar-refractivity contribution in [2.24, 2.45) is 0 Å². The van der Waals surface area contributed by atoms with Gasteiger partial charge < -0.3 is 14.9 Å². The number of esters is 1. The molecule has 0 amide bonds. The predicted octanol–water partition coefficient (Wildman–Crippen LogP) is 2.68. The van der Waals surface area contributed by atoms with Gasteiger partial charge in [0.1, 0.15) is 11.3 Å². The monoisotopic (exact) mass is 250 g/mol. The summed E-state index contributed by atoms with van der Waals surface area (Å²) in [4.78, 5) is 11.6. The van der Waals surface area contributed by atoms with E-state index in [0.717, 1.165) is 25.7 Å². The number of hydrogen-bond acceptors (Lipinski definition) is 4. The van der Waals surface area contributed by atoms with Crippen molar-refractivity contribution in [3.63, 3.8) is 0 Å². The van der Waals surface area contributed by atoms with Gasteiger partial charge in [0.2, 0.25) is 5.79 Å². The average molecular weight is 250 g/mol. The van der Waals surface area contributed by atoms with Gasteiger partial charge >= 0.3 is 5.97 Å². The number of rotatable bonds is 5. The largest absolute Gasteiger partial charge is 0.507 e. The maximum atomic E-state index is 11.6. The Hall–Kier alpha value is -1.55. The molecule has 0 saturated heterocycles. The molecule has 0 bridgehead atoms. The number of phenols is 1. The fraction of sp³-hybridized carbons (Fsp3) is 0.500. The van der Waals surface area contributed by atoms with Crippen LogP contribution in [-0.2, 0) is 10.5 Å². The zero-order valence-electron chi connectivity index (χ0n) is 10.5. The normalized spacial score (nSPS) is 21.8. The Bertz CT molecular complexity index is 455. The van der Waals surface area contributed by atoms with Crippen molar-refractivity contribution in [3.8, 4) is 5.75 Å². The molecule has 0 aliphatic carbocycles. The molecule has 1 heterocycles. The van der Waals surface area contributed by atoms with Gasteiger partial charge in [-0.25, -0.2) is 4.79 Å². The molecule has 0 unspecified atom stereocenters. The zero-order valence-corrected chi connectivity index (χ0v) is 10.5. The summed E-state index contributed by atoms with van der Waals surface area (Å²) in [5.74, 6) is -2.36. The van der Waals surface area contributed by atoms with Crippen molar-refractivity contribution >= 4 is 5.97 Å². The van der Waals surface area contributed by atoms with Crippen LogP contribution in [0.15, 0.2) is 18.2 Å². The first-order chi connectivity index (χ1) is 8.58. The highest BCUT2D eigenvalue weighted by Crippen LogP contribution is 2.41. The molecule has 0 saturated carbocycles.